The molecule has 0 spiro atoms. The lowest BCUT2D eigenvalue weighted by Gasteiger charge is -2.24. The zero-order valence-corrected chi connectivity index (χ0v) is 6.90. The van der Waals surface area contributed by atoms with E-state index in [1.54, 1.807) is 0 Å². The predicted octanol–water partition coefficient (Wildman–Crippen LogP) is 0.213. The molecule has 0 saturated heterocycles. The first-order valence-electron chi connectivity index (χ1n) is 3.88. The lowest BCUT2D eigenvalue weighted by Crippen LogP contribution is -2.28. The van der Waals surface area contributed by atoms with Crippen LogP contribution in [-0.4, -0.2) is 30.4 Å². The van der Waals surface area contributed by atoms with Crippen molar-refractivity contribution in [3.63, 3.8) is 0 Å². The fourth-order valence-electron chi connectivity index (χ4n) is 1.01. The second-order valence-electron chi connectivity index (χ2n) is 2.51. The zero-order chi connectivity index (χ0) is 8.97. The van der Waals surface area contributed by atoms with Gasteiger partial charge in [-0.25, -0.2) is 0 Å². The quantitative estimate of drug-likeness (QED) is 0.618. The first-order valence-corrected chi connectivity index (χ1v) is 3.88. The molecule has 1 N–H and O–H groups in total. The number of ether oxygens (including phenoxy) is 2. The molecule has 0 radical (unpaired) electrons. The Kier molecular flexibility index (Phi) is 3.25. The first-order chi connectivity index (χ1) is 5.77. The number of carbonyl (C=O) groups is 1. The van der Waals surface area contributed by atoms with Crippen LogP contribution in [0.3, 0.4) is 0 Å². The van der Waals surface area contributed by atoms with Crippen molar-refractivity contribution in [2.75, 3.05) is 6.61 Å². The van der Waals surface area contributed by atoms with E-state index in [2.05, 4.69) is 0 Å². The molecule has 4 heteroatoms. The number of hydrogen-bond donors (Lipinski definition) is 1. The van der Waals surface area contributed by atoms with Crippen LogP contribution in [0.15, 0.2) is 11.8 Å². The summed E-state index contributed by atoms with van der Waals surface area (Å²) in [5.74, 6) is 0. The van der Waals surface area contributed by atoms with E-state index in [0.29, 0.717) is 19.3 Å². The summed E-state index contributed by atoms with van der Waals surface area (Å²) in [6.45, 7) is 2.37. The highest BCUT2D eigenvalue weighted by Gasteiger charge is 2.23. The van der Waals surface area contributed by atoms with E-state index in [-0.39, 0.29) is 5.57 Å². The summed E-state index contributed by atoms with van der Waals surface area (Å²) in [5.41, 5.74) is 0.269. The van der Waals surface area contributed by atoms with Gasteiger partial charge in [0.05, 0.1) is 17.9 Å². The third kappa shape index (κ3) is 2.06. The van der Waals surface area contributed by atoms with Crippen molar-refractivity contribution in [3.05, 3.63) is 11.8 Å². The number of aliphatic hydroxyl groups excluding tert-OH is 1. The SMILES string of the molecule is CCO[C@H]1C[C@@H](O)C(C=O)=CO1. The summed E-state index contributed by atoms with van der Waals surface area (Å²) in [6, 6.07) is 0. The second-order valence-corrected chi connectivity index (χ2v) is 2.51. The molecule has 0 saturated carbocycles. The molecule has 0 aromatic heterocycles. The van der Waals surface area contributed by atoms with Gasteiger partial charge in [0.1, 0.15) is 0 Å². The van der Waals surface area contributed by atoms with Gasteiger partial charge in [-0.3, -0.25) is 4.79 Å². The Bertz CT molecular complexity index is 187. The summed E-state index contributed by atoms with van der Waals surface area (Å²) < 4.78 is 10.1. The van der Waals surface area contributed by atoms with Crippen molar-refractivity contribution in [2.45, 2.75) is 25.7 Å². The molecule has 12 heavy (non-hydrogen) atoms. The zero-order valence-electron chi connectivity index (χ0n) is 6.90. The van der Waals surface area contributed by atoms with Gasteiger partial charge >= 0.3 is 0 Å². The highest BCUT2D eigenvalue weighted by Crippen LogP contribution is 2.17. The van der Waals surface area contributed by atoms with Crippen LogP contribution in [-0.2, 0) is 14.3 Å². The van der Waals surface area contributed by atoms with Gasteiger partial charge in [-0.15, -0.1) is 0 Å². The van der Waals surface area contributed by atoms with E-state index in [1.165, 1.54) is 6.26 Å². The minimum atomic E-state index is -0.757. The first kappa shape index (κ1) is 9.22. The van der Waals surface area contributed by atoms with Gasteiger partial charge in [-0.2, -0.15) is 0 Å². The monoisotopic (exact) mass is 172 g/mol. The average Bonchev–Trinajstić information content (AvgIpc) is 2.05. The van der Waals surface area contributed by atoms with Gasteiger partial charge in [-0.05, 0) is 6.92 Å². The maximum atomic E-state index is 10.3. The Balaban J connectivity index is 2.50. The van der Waals surface area contributed by atoms with Crippen LogP contribution in [0.25, 0.3) is 0 Å². The standard InChI is InChI=1S/C8H12O4/c1-2-11-8-3-7(10)6(4-9)5-12-8/h4-5,7-8,10H,2-3H2,1H3/t7-,8-/m1/s1. The molecule has 0 aromatic carbocycles. The van der Waals surface area contributed by atoms with E-state index in [0.717, 1.165) is 0 Å². The highest BCUT2D eigenvalue weighted by atomic mass is 16.7. The summed E-state index contributed by atoms with van der Waals surface area (Å²) in [4.78, 5) is 10.3. The number of rotatable bonds is 3. The topological polar surface area (TPSA) is 55.8 Å². The van der Waals surface area contributed by atoms with E-state index in [4.69, 9.17) is 9.47 Å². The molecule has 68 valence electrons. The molecular weight excluding hydrogens is 160 g/mol. The summed E-state index contributed by atoms with van der Waals surface area (Å²) >= 11 is 0. The second kappa shape index (κ2) is 4.23. The normalized spacial score (nSPS) is 29.0. The minimum Gasteiger partial charge on any atom is -0.472 e. The molecule has 2 atom stereocenters. The van der Waals surface area contributed by atoms with Gasteiger partial charge in [0.15, 0.2) is 6.29 Å². The minimum absolute atomic E-state index is 0.269. The summed E-state index contributed by atoms with van der Waals surface area (Å²) in [7, 11) is 0. The van der Waals surface area contributed by atoms with Gasteiger partial charge in [0.25, 0.3) is 0 Å². The number of carbonyl (C=O) groups excluding carboxylic acids is 1. The fourth-order valence-corrected chi connectivity index (χ4v) is 1.01. The molecule has 0 bridgehead atoms. The third-order valence-corrected chi connectivity index (χ3v) is 1.65. The average molecular weight is 172 g/mol. The van der Waals surface area contributed by atoms with Crippen LogP contribution in [0.2, 0.25) is 0 Å². The van der Waals surface area contributed by atoms with E-state index in [1.807, 2.05) is 6.92 Å². The molecule has 4 nitrogen and oxygen atoms in total. The van der Waals surface area contributed by atoms with Crippen LogP contribution in [0.4, 0.5) is 0 Å². The van der Waals surface area contributed by atoms with Gasteiger partial charge in [-0.1, -0.05) is 0 Å². The van der Waals surface area contributed by atoms with Gasteiger partial charge in [0.2, 0.25) is 6.29 Å². The van der Waals surface area contributed by atoms with E-state index < -0.39 is 12.4 Å². The fraction of sp³-hybridized carbons (Fsp3) is 0.625. The van der Waals surface area contributed by atoms with Crippen molar-refractivity contribution in [3.8, 4) is 0 Å². The Hall–Kier alpha value is -0.870. The summed E-state index contributed by atoms with van der Waals surface area (Å²) in [5, 5.41) is 9.31. The van der Waals surface area contributed by atoms with Crippen LogP contribution in [0.1, 0.15) is 13.3 Å². The van der Waals surface area contributed by atoms with Crippen LogP contribution >= 0.6 is 0 Å². The van der Waals surface area contributed by atoms with E-state index >= 15 is 0 Å². The number of hydrogen-bond acceptors (Lipinski definition) is 4. The van der Waals surface area contributed by atoms with Crippen LogP contribution in [0, 0.1) is 0 Å². The maximum Gasteiger partial charge on any atom is 0.201 e. The van der Waals surface area contributed by atoms with Crippen LogP contribution < -0.4 is 0 Å². The Morgan fingerprint density at radius 2 is 2.67 bits per heavy atom. The molecule has 0 aliphatic carbocycles. The molecule has 1 aliphatic heterocycles. The molecule has 1 heterocycles. The molecule has 0 unspecified atom stereocenters. The Morgan fingerprint density at radius 1 is 1.92 bits per heavy atom. The van der Waals surface area contributed by atoms with Crippen molar-refractivity contribution in [2.24, 2.45) is 0 Å². The number of aliphatic hydroxyl groups is 1. The van der Waals surface area contributed by atoms with E-state index in [9.17, 15) is 9.90 Å². The lowest BCUT2D eigenvalue weighted by molar-refractivity contribution is -0.132. The highest BCUT2D eigenvalue weighted by molar-refractivity contribution is 5.74. The molecule has 1 aliphatic rings. The maximum absolute atomic E-state index is 10.3. The van der Waals surface area contributed by atoms with Crippen molar-refractivity contribution < 1.29 is 19.4 Å². The van der Waals surface area contributed by atoms with Crippen LogP contribution in [0.5, 0.6) is 0 Å². The molecule has 0 aromatic rings. The van der Waals surface area contributed by atoms with Crippen molar-refractivity contribution in [1.29, 1.82) is 0 Å². The largest absolute Gasteiger partial charge is 0.472 e. The number of aldehydes is 1. The molecule has 0 amide bonds. The summed E-state index contributed by atoms with van der Waals surface area (Å²) in [6.07, 6.45) is 0.980. The third-order valence-electron chi connectivity index (χ3n) is 1.65. The van der Waals surface area contributed by atoms with Gasteiger partial charge in [0, 0.05) is 13.0 Å². The lowest BCUT2D eigenvalue weighted by atomic mass is 10.1. The molecule has 0 fully saturated rings. The Morgan fingerprint density at radius 3 is 3.17 bits per heavy atom. The Labute approximate surface area is 70.8 Å². The molecule has 1 rings (SSSR count). The molecular formula is C8H12O4. The van der Waals surface area contributed by atoms with Gasteiger partial charge < -0.3 is 14.6 Å². The van der Waals surface area contributed by atoms with Crippen molar-refractivity contribution in [1.82, 2.24) is 0 Å². The van der Waals surface area contributed by atoms with Crippen molar-refractivity contribution >= 4 is 6.29 Å². The smallest absolute Gasteiger partial charge is 0.201 e. The predicted molar refractivity (Wildman–Crippen MR) is 41.3 cm³/mol.